The molecule has 6 aliphatic rings. The van der Waals surface area contributed by atoms with E-state index in [1.165, 1.54) is 20.8 Å². The van der Waals surface area contributed by atoms with Crippen molar-refractivity contribution in [3.05, 3.63) is 0 Å². The van der Waals surface area contributed by atoms with Crippen molar-refractivity contribution in [2.75, 3.05) is 0 Å². The molecule has 0 aromatic carbocycles. The Bertz CT molecular complexity index is 1050. The molecule has 0 aromatic rings. The number of hydrogen-bond acceptors (Lipinski definition) is 4. The van der Waals surface area contributed by atoms with Crippen molar-refractivity contribution in [3.63, 3.8) is 0 Å². The summed E-state index contributed by atoms with van der Waals surface area (Å²) >= 11 is 0. The van der Waals surface area contributed by atoms with E-state index in [0.717, 1.165) is 39.0 Å². The minimum atomic E-state index is -4.95. The lowest BCUT2D eigenvalue weighted by Crippen LogP contribution is -2.60. The first-order chi connectivity index (χ1) is 19.2. The highest BCUT2D eigenvalue weighted by molar-refractivity contribution is 5.80. The van der Waals surface area contributed by atoms with Gasteiger partial charge >= 0.3 is 24.3 Å². The number of carbonyl (C=O) groups excluding carboxylic acids is 2. The molecule has 0 aliphatic heterocycles. The minimum Gasteiger partial charge on any atom is -0.459 e. The molecular formula is C32H46F6O4. The minimum absolute atomic E-state index is 0.0338. The van der Waals surface area contributed by atoms with Gasteiger partial charge in [-0.25, -0.2) is 0 Å². The molecule has 0 N–H and O–H groups in total. The summed E-state index contributed by atoms with van der Waals surface area (Å²) in [5, 5.41) is 0. The highest BCUT2D eigenvalue weighted by Gasteiger charge is 2.75. The third-order valence-electron chi connectivity index (χ3n) is 12.3. The topological polar surface area (TPSA) is 52.6 Å². The summed E-state index contributed by atoms with van der Waals surface area (Å²) in [6, 6.07) is 0. The van der Waals surface area contributed by atoms with E-state index in [9.17, 15) is 35.9 Å². The highest BCUT2D eigenvalue weighted by Crippen LogP contribution is 2.69. The van der Waals surface area contributed by atoms with Crippen molar-refractivity contribution in [3.8, 4) is 0 Å². The molecule has 0 radical (unpaired) electrons. The van der Waals surface area contributed by atoms with Crippen LogP contribution >= 0.6 is 0 Å². The van der Waals surface area contributed by atoms with Gasteiger partial charge in [-0.05, 0) is 140 Å². The smallest absolute Gasteiger partial charge is 0.405 e. The Hall–Kier alpha value is -1.48. The van der Waals surface area contributed by atoms with Gasteiger partial charge in [0.1, 0.15) is 11.2 Å². The number of fused-ring (bicyclic) bond motifs is 2. The SMILES string of the molecule is CCC1C2CC(C1CCC(C)(C(=O)OC1(C)C3CC4CC(C3)CC1C4)C(F)(F)F)C(C(=O)OC(C)(C)C)(C(F)(F)F)C2. The molecule has 6 bridgehead atoms. The van der Waals surface area contributed by atoms with Gasteiger partial charge in [-0.1, -0.05) is 13.3 Å². The zero-order chi connectivity index (χ0) is 31.3. The fourth-order valence-corrected chi connectivity index (χ4v) is 10.2. The average Bonchev–Trinajstić information content (AvgIpc) is 3.40. The summed E-state index contributed by atoms with van der Waals surface area (Å²) in [6.07, 6.45) is -6.04. The third kappa shape index (κ3) is 4.87. The van der Waals surface area contributed by atoms with E-state index < -0.39 is 76.9 Å². The van der Waals surface area contributed by atoms with Crippen molar-refractivity contribution < 1.29 is 45.4 Å². The van der Waals surface area contributed by atoms with Crippen LogP contribution in [0.4, 0.5) is 26.3 Å². The standard InChI is InChI=1S/C32H46F6O4/c1-7-22-19-15-24(30(16-19,32(36,37)38)26(40)41-27(2,3)4)23(22)8-9-28(5,31(33,34)35)25(39)42-29(6)20-11-17-10-18(13-20)14-21(29)12-17/h17-24H,7-16H2,1-6H3. The van der Waals surface area contributed by atoms with Crippen molar-refractivity contribution in [1.29, 1.82) is 0 Å². The van der Waals surface area contributed by atoms with Crippen LogP contribution < -0.4 is 0 Å². The number of alkyl halides is 6. The predicted molar refractivity (Wildman–Crippen MR) is 143 cm³/mol. The van der Waals surface area contributed by atoms with Gasteiger partial charge < -0.3 is 9.47 Å². The first kappa shape index (κ1) is 31.9. The summed E-state index contributed by atoms with van der Waals surface area (Å²) in [5.74, 6) is -4.23. The molecule has 6 atom stereocenters. The second-order valence-corrected chi connectivity index (χ2v) is 15.8. The maximum Gasteiger partial charge on any atom is 0.405 e. The first-order valence-corrected chi connectivity index (χ1v) is 15.8. The van der Waals surface area contributed by atoms with Gasteiger partial charge in [-0.15, -0.1) is 0 Å². The number of hydrogen-bond donors (Lipinski definition) is 0. The molecule has 0 amide bonds. The Morgan fingerprint density at radius 2 is 1.38 bits per heavy atom. The zero-order valence-corrected chi connectivity index (χ0v) is 25.6. The first-order valence-electron chi connectivity index (χ1n) is 15.8. The van der Waals surface area contributed by atoms with Crippen LogP contribution in [0.25, 0.3) is 0 Å². The van der Waals surface area contributed by atoms with Crippen LogP contribution in [0.3, 0.4) is 0 Å². The lowest BCUT2D eigenvalue weighted by atomic mass is 9.50. The van der Waals surface area contributed by atoms with Gasteiger partial charge in [0.25, 0.3) is 0 Å². The second-order valence-electron chi connectivity index (χ2n) is 15.8. The second kappa shape index (κ2) is 10.0. The van der Waals surface area contributed by atoms with E-state index in [4.69, 9.17) is 9.47 Å². The number of esters is 2. The van der Waals surface area contributed by atoms with Gasteiger partial charge in [0, 0.05) is 0 Å². The largest absolute Gasteiger partial charge is 0.459 e. The number of halogens is 6. The highest BCUT2D eigenvalue weighted by atomic mass is 19.4. The van der Waals surface area contributed by atoms with Gasteiger partial charge in [-0.3, -0.25) is 9.59 Å². The van der Waals surface area contributed by atoms with E-state index in [0.29, 0.717) is 18.3 Å². The third-order valence-corrected chi connectivity index (χ3v) is 12.3. The van der Waals surface area contributed by atoms with Crippen LogP contribution in [0.1, 0.15) is 106 Å². The Morgan fingerprint density at radius 1 is 0.833 bits per heavy atom. The summed E-state index contributed by atoms with van der Waals surface area (Å²) < 4.78 is 99.8. The fourth-order valence-electron chi connectivity index (χ4n) is 10.2. The molecule has 0 aromatic heterocycles. The summed E-state index contributed by atoms with van der Waals surface area (Å²) in [4.78, 5) is 26.8. The van der Waals surface area contributed by atoms with Crippen molar-refractivity contribution >= 4 is 11.9 Å². The lowest BCUT2D eigenvalue weighted by Gasteiger charge is -2.59. The predicted octanol–water partition coefficient (Wildman–Crippen LogP) is 8.67. The molecular weight excluding hydrogens is 562 g/mol. The molecule has 6 fully saturated rings. The van der Waals surface area contributed by atoms with Crippen molar-refractivity contribution in [1.82, 2.24) is 0 Å². The Balaban J connectivity index is 1.39. The molecule has 10 heteroatoms. The van der Waals surface area contributed by atoms with Crippen LogP contribution in [0.2, 0.25) is 0 Å². The monoisotopic (exact) mass is 608 g/mol. The summed E-state index contributed by atoms with van der Waals surface area (Å²) in [6.45, 7) is 8.95. The van der Waals surface area contributed by atoms with Gasteiger partial charge in [0.15, 0.2) is 10.8 Å². The quantitative estimate of drug-likeness (QED) is 0.214. The molecule has 240 valence electrons. The van der Waals surface area contributed by atoms with E-state index in [-0.39, 0.29) is 30.6 Å². The van der Waals surface area contributed by atoms with Crippen LogP contribution in [0, 0.1) is 58.2 Å². The van der Waals surface area contributed by atoms with Crippen LogP contribution in [0.5, 0.6) is 0 Å². The Labute approximate surface area is 245 Å². The molecule has 6 unspecified atom stereocenters. The Morgan fingerprint density at radius 3 is 1.83 bits per heavy atom. The van der Waals surface area contributed by atoms with Crippen LogP contribution in [-0.4, -0.2) is 35.5 Å². The number of ether oxygens (including phenoxy) is 2. The molecule has 4 nitrogen and oxygen atoms in total. The van der Waals surface area contributed by atoms with E-state index in [2.05, 4.69) is 0 Å². The molecule has 42 heavy (non-hydrogen) atoms. The number of carbonyl (C=O) groups is 2. The summed E-state index contributed by atoms with van der Waals surface area (Å²) in [7, 11) is 0. The van der Waals surface area contributed by atoms with Crippen LogP contribution in [0.15, 0.2) is 0 Å². The fraction of sp³-hybridized carbons (Fsp3) is 0.938. The summed E-state index contributed by atoms with van der Waals surface area (Å²) in [5.41, 5.74) is -7.73. The van der Waals surface area contributed by atoms with Crippen molar-refractivity contribution in [2.45, 2.75) is 129 Å². The molecule has 0 saturated heterocycles. The van der Waals surface area contributed by atoms with E-state index in [1.807, 2.05) is 6.92 Å². The normalized spacial score (nSPS) is 42.5. The van der Waals surface area contributed by atoms with E-state index >= 15 is 0 Å². The molecule has 6 saturated carbocycles. The molecule has 0 heterocycles. The lowest BCUT2D eigenvalue weighted by molar-refractivity contribution is -0.264. The van der Waals surface area contributed by atoms with Gasteiger partial charge in [0.05, 0.1) is 0 Å². The van der Waals surface area contributed by atoms with Crippen molar-refractivity contribution in [2.24, 2.45) is 58.2 Å². The Kier molecular flexibility index (Phi) is 7.61. The van der Waals surface area contributed by atoms with Gasteiger partial charge in [-0.2, -0.15) is 26.3 Å². The number of rotatable bonds is 7. The molecule has 6 aliphatic carbocycles. The van der Waals surface area contributed by atoms with E-state index in [1.54, 1.807) is 6.92 Å². The molecule has 0 spiro atoms. The maximum atomic E-state index is 14.8. The van der Waals surface area contributed by atoms with Gasteiger partial charge in [0.2, 0.25) is 0 Å². The average molecular weight is 609 g/mol. The molecule has 6 rings (SSSR count). The van der Waals surface area contributed by atoms with Crippen LogP contribution in [-0.2, 0) is 19.1 Å². The maximum absolute atomic E-state index is 14.8. The zero-order valence-electron chi connectivity index (χ0n) is 25.6.